The quantitative estimate of drug-likeness (QED) is 0.772. The zero-order valence-corrected chi connectivity index (χ0v) is 13.7. The van der Waals surface area contributed by atoms with Crippen LogP contribution in [0.2, 0.25) is 0 Å². The van der Waals surface area contributed by atoms with Crippen molar-refractivity contribution in [3.05, 3.63) is 47.9 Å². The van der Waals surface area contributed by atoms with E-state index in [-0.39, 0.29) is 11.7 Å². The van der Waals surface area contributed by atoms with Crippen LogP contribution in [-0.4, -0.2) is 31.9 Å². The Labute approximate surface area is 143 Å². The Morgan fingerprint density at radius 1 is 1.24 bits per heavy atom. The van der Waals surface area contributed by atoms with Gasteiger partial charge in [-0.3, -0.25) is 0 Å². The van der Waals surface area contributed by atoms with Crippen LogP contribution in [0.1, 0.15) is 19.4 Å². The number of hydrogen-bond acceptors (Lipinski definition) is 6. The zero-order chi connectivity index (χ0) is 17.6. The van der Waals surface area contributed by atoms with E-state index in [2.05, 4.69) is 15.1 Å². The number of aromatic nitrogens is 3. The summed E-state index contributed by atoms with van der Waals surface area (Å²) >= 11 is 0. The number of hydrogen-bond donors (Lipinski definition) is 1. The summed E-state index contributed by atoms with van der Waals surface area (Å²) in [5.74, 6) is 0.690. The number of aliphatic hydroxyl groups is 1. The Hall–Kier alpha value is -2.80. The maximum atomic E-state index is 13.3. The number of aliphatic hydroxyl groups excluding tert-OH is 1. The molecule has 1 N–H and O–H groups in total. The molecule has 7 heteroatoms. The SMILES string of the molecule is CC1(C)Oc2ncc(-c3nc(-c4cccc(F)c4)no3)cc2C[C@H]1O. The summed E-state index contributed by atoms with van der Waals surface area (Å²) < 4.78 is 24.4. The molecule has 0 saturated heterocycles. The van der Waals surface area contributed by atoms with Crippen LogP contribution in [0.5, 0.6) is 5.88 Å². The maximum absolute atomic E-state index is 13.3. The van der Waals surface area contributed by atoms with Crippen molar-refractivity contribution in [2.75, 3.05) is 0 Å². The summed E-state index contributed by atoms with van der Waals surface area (Å²) in [4.78, 5) is 8.60. The van der Waals surface area contributed by atoms with Gasteiger partial charge in [0.15, 0.2) is 0 Å². The van der Waals surface area contributed by atoms with Crippen LogP contribution in [0, 0.1) is 5.82 Å². The molecule has 6 nitrogen and oxygen atoms in total. The topological polar surface area (TPSA) is 81.3 Å². The molecule has 0 saturated carbocycles. The van der Waals surface area contributed by atoms with Gasteiger partial charge < -0.3 is 14.4 Å². The number of fused-ring (bicyclic) bond motifs is 1. The monoisotopic (exact) mass is 341 g/mol. The van der Waals surface area contributed by atoms with Crippen LogP contribution in [-0.2, 0) is 6.42 Å². The molecule has 0 spiro atoms. The number of pyridine rings is 1. The molecule has 3 aromatic rings. The molecule has 0 bridgehead atoms. The van der Waals surface area contributed by atoms with Gasteiger partial charge in [0, 0.05) is 23.7 Å². The highest BCUT2D eigenvalue weighted by molar-refractivity contribution is 5.60. The number of rotatable bonds is 2. The minimum absolute atomic E-state index is 0.272. The van der Waals surface area contributed by atoms with Gasteiger partial charge in [-0.15, -0.1) is 0 Å². The van der Waals surface area contributed by atoms with Crippen molar-refractivity contribution in [3.8, 4) is 28.7 Å². The molecular formula is C18H16FN3O3. The fraction of sp³-hybridized carbons (Fsp3) is 0.278. The minimum atomic E-state index is -0.684. The standard InChI is InChI=1S/C18H16FN3O3/c1-18(2)14(23)8-11-6-12(9-20-16(11)24-18)17-21-15(22-25-17)10-4-3-5-13(19)7-10/h3-7,9,14,23H,8H2,1-2H3/t14-/m1/s1. The second-order valence-electron chi connectivity index (χ2n) is 6.55. The zero-order valence-electron chi connectivity index (χ0n) is 13.7. The lowest BCUT2D eigenvalue weighted by atomic mass is 9.92. The third-order valence-corrected chi connectivity index (χ3v) is 4.26. The molecule has 0 fully saturated rings. The lowest BCUT2D eigenvalue weighted by Gasteiger charge is -2.36. The molecule has 1 aliphatic rings. The molecule has 1 aliphatic heterocycles. The molecule has 128 valence electrons. The number of nitrogens with zero attached hydrogens (tertiary/aromatic N) is 3. The maximum Gasteiger partial charge on any atom is 0.259 e. The van der Waals surface area contributed by atoms with E-state index in [1.807, 2.05) is 19.9 Å². The van der Waals surface area contributed by atoms with E-state index in [1.165, 1.54) is 12.1 Å². The molecule has 4 rings (SSSR count). The van der Waals surface area contributed by atoms with E-state index in [9.17, 15) is 9.50 Å². The first-order valence-electron chi connectivity index (χ1n) is 7.88. The summed E-state index contributed by atoms with van der Waals surface area (Å²) in [5, 5.41) is 14.1. The van der Waals surface area contributed by atoms with Crippen molar-refractivity contribution >= 4 is 0 Å². The van der Waals surface area contributed by atoms with Gasteiger partial charge in [0.05, 0.1) is 11.7 Å². The van der Waals surface area contributed by atoms with Gasteiger partial charge in [-0.1, -0.05) is 17.3 Å². The van der Waals surface area contributed by atoms with Crippen LogP contribution in [0.4, 0.5) is 4.39 Å². The highest BCUT2D eigenvalue weighted by Crippen LogP contribution is 2.34. The molecule has 0 unspecified atom stereocenters. The molecule has 0 radical (unpaired) electrons. The Morgan fingerprint density at radius 2 is 2.08 bits per heavy atom. The Kier molecular flexibility index (Phi) is 3.54. The van der Waals surface area contributed by atoms with Crippen molar-refractivity contribution < 1.29 is 18.8 Å². The highest BCUT2D eigenvalue weighted by Gasteiger charge is 2.36. The smallest absolute Gasteiger partial charge is 0.259 e. The van der Waals surface area contributed by atoms with Gasteiger partial charge in [0.2, 0.25) is 11.7 Å². The first-order chi connectivity index (χ1) is 11.9. The minimum Gasteiger partial charge on any atom is -0.469 e. The van der Waals surface area contributed by atoms with E-state index in [4.69, 9.17) is 9.26 Å². The van der Waals surface area contributed by atoms with Crippen LogP contribution in [0.15, 0.2) is 41.1 Å². The average Bonchev–Trinajstić information content (AvgIpc) is 3.05. The number of halogens is 1. The third kappa shape index (κ3) is 2.87. The van der Waals surface area contributed by atoms with Crippen LogP contribution in [0.25, 0.3) is 22.8 Å². The van der Waals surface area contributed by atoms with Gasteiger partial charge in [-0.25, -0.2) is 9.37 Å². The molecule has 25 heavy (non-hydrogen) atoms. The number of ether oxygens (including phenoxy) is 1. The van der Waals surface area contributed by atoms with E-state index in [1.54, 1.807) is 18.3 Å². The molecule has 1 aromatic carbocycles. The van der Waals surface area contributed by atoms with Crippen molar-refractivity contribution in [1.82, 2.24) is 15.1 Å². The second-order valence-corrected chi connectivity index (χ2v) is 6.55. The predicted molar refractivity (Wildman–Crippen MR) is 87.3 cm³/mol. The highest BCUT2D eigenvalue weighted by atomic mass is 19.1. The third-order valence-electron chi connectivity index (χ3n) is 4.26. The summed E-state index contributed by atoms with van der Waals surface area (Å²) in [6.45, 7) is 3.64. The largest absolute Gasteiger partial charge is 0.469 e. The molecule has 0 amide bonds. The molecule has 3 heterocycles. The lowest BCUT2D eigenvalue weighted by Crippen LogP contribution is -2.46. The summed E-state index contributed by atoms with van der Waals surface area (Å²) in [6.07, 6.45) is 1.37. The molecule has 2 aromatic heterocycles. The first kappa shape index (κ1) is 15.7. The first-order valence-corrected chi connectivity index (χ1v) is 7.88. The van der Waals surface area contributed by atoms with Crippen molar-refractivity contribution in [2.45, 2.75) is 32.0 Å². The van der Waals surface area contributed by atoms with Crippen LogP contribution >= 0.6 is 0 Å². The number of benzene rings is 1. The van der Waals surface area contributed by atoms with E-state index < -0.39 is 11.7 Å². The van der Waals surface area contributed by atoms with E-state index in [0.29, 0.717) is 29.3 Å². The molecular weight excluding hydrogens is 325 g/mol. The van der Waals surface area contributed by atoms with E-state index >= 15 is 0 Å². The summed E-state index contributed by atoms with van der Waals surface area (Å²) in [7, 11) is 0. The van der Waals surface area contributed by atoms with Crippen molar-refractivity contribution in [2.24, 2.45) is 0 Å². The Bertz CT molecular complexity index is 939. The molecule has 0 aliphatic carbocycles. The van der Waals surface area contributed by atoms with Crippen LogP contribution in [0.3, 0.4) is 0 Å². The predicted octanol–water partition coefficient (Wildman–Crippen LogP) is 3.01. The summed E-state index contributed by atoms with van der Waals surface area (Å²) in [5.41, 5.74) is 1.23. The van der Waals surface area contributed by atoms with Crippen LogP contribution < -0.4 is 4.74 Å². The van der Waals surface area contributed by atoms with E-state index in [0.717, 1.165) is 5.56 Å². The Balaban J connectivity index is 1.67. The lowest BCUT2D eigenvalue weighted by molar-refractivity contribution is -0.0442. The van der Waals surface area contributed by atoms with Gasteiger partial charge in [-0.05, 0) is 32.0 Å². The van der Waals surface area contributed by atoms with Gasteiger partial charge in [0.1, 0.15) is 11.4 Å². The normalized spacial score (nSPS) is 18.5. The van der Waals surface area contributed by atoms with Crippen molar-refractivity contribution in [3.63, 3.8) is 0 Å². The summed E-state index contributed by atoms with van der Waals surface area (Å²) in [6, 6.07) is 7.79. The van der Waals surface area contributed by atoms with Crippen molar-refractivity contribution in [1.29, 1.82) is 0 Å². The van der Waals surface area contributed by atoms with Gasteiger partial charge in [0.25, 0.3) is 5.89 Å². The van der Waals surface area contributed by atoms with Gasteiger partial charge in [-0.2, -0.15) is 4.98 Å². The fourth-order valence-corrected chi connectivity index (χ4v) is 2.71. The average molecular weight is 341 g/mol. The Morgan fingerprint density at radius 3 is 2.88 bits per heavy atom. The fourth-order valence-electron chi connectivity index (χ4n) is 2.71. The molecule has 1 atom stereocenters. The second kappa shape index (κ2) is 5.63. The van der Waals surface area contributed by atoms with Gasteiger partial charge >= 0.3 is 0 Å².